The van der Waals surface area contributed by atoms with E-state index in [0.29, 0.717) is 35.0 Å². The molecule has 29 heavy (non-hydrogen) atoms. The third kappa shape index (κ3) is 2.95. The zero-order valence-corrected chi connectivity index (χ0v) is 17.6. The largest absolute Gasteiger partial charge is 0.504 e. The number of aliphatic carboxylic acids is 1. The Kier molecular flexibility index (Phi) is 4.86. The molecule has 0 saturated heterocycles. The molecule has 4 aliphatic rings. The van der Waals surface area contributed by atoms with E-state index < -0.39 is 17.5 Å². The number of hydrogen-bond acceptors (Lipinski definition) is 4. The van der Waals surface area contributed by atoms with Crippen molar-refractivity contribution in [2.45, 2.75) is 71.6 Å². The van der Waals surface area contributed by atoms with Crippen LogP contribution in [0.2, 0.25) is 0 Å². The number of rotatable bonds is 3. The van der Waals surface area contributed by atoms with Gasteiger partial charge >= 0.3 is 5.97 Å². The molecule has 0 spiro atoms. The highest BCUT2D eigenvalue weighted by Gasteiger charge is 2.60. The zero-order chi connectivity index (χ0) is 21.1. The van der Waals surface area contributed by atoms with Crippen molar-refractivity contribution in [2.24, 2.45) is 40.4 Å². The molecule has 4 fully saturated rings. The lowest BCUT2D eigenvalue weighted by atomic mass is 9.44. The first-order valence-electron chi connectivity index (χ1n) is 11.2. The summed E-state index contributed by atoms with van der Waals surface area (Å²) in [6.07, 6.45) is 8.89. The van der Waals surface area contributed by atoms with Gasteiger partial charge in [0.15, 0.2) is 5.76 Å². The van der Waals surface area contributed by atoms with Crippen LogP contribution in [0.15, 0.2) is 23.7 Å². The smallest absolute Gasteiger partial charge is 0.374 e. The highest BCUT2D eigenvalue weighted by Crippen LogP contribution is 2.68. The summed E-state index contributed by atoms with van der Waals surface area (Å²) in [5.41, 5.74) is 0.603. The molecule has 7 atom stereocenters. The molecule has 0 heterocycles. The van der Waals surface area contributed by atoms with Crippen LogP contribution < -0.4 is 0 Å². The molecule has 1 unspecified atom stereocenters. The lowest BCUT2D eigenvalue weighted by molar-refractivity contribution is -0.139. The van der Waals surface area contributed by atoms with Crippen LogP contribution in [0.4, 0.5) is 0 Å². The van der Waals surface area contributed by atoms with Gasteiger partial charge in [0, 0.05) is 12.8 Å². The predicted octanol–water partition coefficient (Wildman–Crippen LogP) is 5.18. The average Bonchev–Trinajstić information content (AvgIpc) is 3.03. The van der Waals surface area contributed by atoms with Crippen LogP contribution in [0.3, 0.4) is 0 Å². The summed E-state index contributed by atoms with van der Waals surface area (Å²) < 4.78 is 0. The first kappa shape index (κ1) is 20.5. The summed E-state index contributed by atoms with van der Waals surface area (Å²) in [7, 11) is 0. The van der Waals surface area contributed by atoms with Gasteiger partial charge in [-0.2, -0.15) is 0 Å². The fraction of sp³-hybridized carbons (Fsp3) is 0.750. The molecule has 0 bridgehead atoms. The van der Waals surface area contributed by atoms with Gasteiger partial charge in [-0.1, -0.05) is 20.4 Å². The second-order valence-electron chi connectivity index (χ2n) is 10.6. The molecule has 4 rings (SSSR count). The van der Waals surface area contributed by atoms with Crippen LogP contribution in [0.1, 0.15) is 71.6 Å². The Morgan fingerprint density at radius 2 is 1.62 bits per heavy atom. The number of ketones is 1. The Balaban J connectivity index is 1.59. The van der Waals surface area contributed by atoms with Crippen molar-refractivity contribution in [2.75, 3.05) is 0 Å². The monoisotopic (exact) mass is 402 g/mol. The van der Waals surface area contributed by atoms with Gasteiger partial charge in [-0.25, -0.2) is 4.79 Å². The van der Waals surface area contributed by atoms with Crippen LogP contribution in [-0.2, 0) is 9.59 Å². The van der Waals surface area contributed by atoms with E-state index in [1.165, 1.54) is 6.42 Å². The van der Waals surface area contributed by atoms with Gasteiger partial charge in [0.1, 0.15) is 5.78 Å². The molecule has 4 aliphatic carbocycles. The van der Waals surface area contributed by atoms with E-state index in [1.54, 1.807) is 0 Å². The minimum Gasteiger partial charge on any atom is -0.504 e. The maximum Gasteiger partial charge on any atom is 0.374 e. The van der Waals surface area contributed by atoms with Crippen molar-refractivity contribution in [3.05, 3.63) is 23.7 Å². The number of aliphatic hydroxyl groups is 2. The standard InChI is InChI=1S/C24H34O5/c1-13(20(26)21(27)22(28)29)17-6-7-18-16-5-4-14-12-15(25)8-10-23(14,2)19(16)9-11-24(17,18)3/h14,16-19,26-27H,1,4-12H2,2-3H3,(H,28,29)/t14?,16-,17+,18-,19-,23-,24+/m0/s1. The van der Waals surface area contributed by atoms with E-state index in [2.05, 4.69) is 20.4 Å². The number of carboxylic acids is 1. The van der Waals surface area contributed by atoms with Crippen LogP contribution in [0.5, 0.6) is 0 Å². The van der Waals surface area contributed by atoms with Crippen LogP contribution in [-0.4, -0.2) is 27.1 Å². The lowest BCUT2D eigenvalue weighted by Gasteiger charge is -2.60. The van der Waals surface area contributed by atoms with Gasteiger partial charge in [-0.15, -0.1) is 0 Å². The summed E-state index contributed by atoms with van der Waals surface area (Å²) in [5, 5.41) is 29.0. The number of hydrogen-bond donors (Lipinski definition) is 3. The number of Topliss-reactive ketones (excluding diaryl/α,β-unsaturated/α-hetero) is 1. The average molecular weight is 403 g/mol. The van der Waals surface area contributed by atoms with Crippen LogP contribution in [0.25, 0.3) is 0 Å². The maximum absolute atomic E-state index is 12.0. The van der Waals surface area contributed by atoms with Crippen molar-refractivity contribution >= 4 is 11.8 Å². The van der Waals surface area contributed by atoms with E-state index in [0.717, 1.165) is 51.4 Å². The minimum absolute atomic E-state index is 0.00610. The second-order valence-corrected chi connectivity index (χ2v) is 10.6. The van der Waals surface area contributed by atoms with Gasteiger partial charge in [0.05, 0.1) is 0 Å². The molecule has 0 aromatic carbocycles. The maximum atomic E-state index is 12.0. The van der Waals surface area contributed by atoms with Crippen LogP contribution >= 0.6 is 0 Å². The summed E-state index contributed by atoms with van der Waals surface area (Å²) in [6.45, 7) is 8.70. The molecule has 3 N–H and O–H groups in total. The van der Waals surface area contributed by atoms with Crippen molar-refractivity contribution in [3.8, 4) is 0 Å². The summed E-state index contributed by atoms with van der Waals surface area (Å²) >= 11 is 0. The van der Waals surface area contributed by atoms with Gasteiger partial charge in [0.25, 0.3) is 0 Å². The molecule has 0 aromatic heterocycles. The highest BCUT2D eigenvalue weighted by atomic mass is 16.4. The fourth-order valence-electron chi connectivity index (χ4n) is 8.04. The Morgan fingerprint density at radius 1 is 0.931 bits per heavy atom. The Bertz CT molecular complexity index is 782. The van der Waals surface area contributed by atoms with Gasteiger partial charge in [-0.05, 0) is 90.9 Å². The van der Waals surface area contributed by atoms with Crippen molar-refractivity contribution in [3.63, 3.8) is 0 Å². The molecule has 0 aliphatic heterocycles. The SMILES string of the molecule is C=C(C(O)=C(O)C(=O)O)[C@H]1CC[C@H]2[C@@H]3CCC4CC(=O)CC[C@]4(C)[C@H]3CC[C@]12C. The summed E-state index contributed by atoms with van der Waals surface area (Å²) in [5.74, 6) is -0.332. The minimum atomic E-state index is -1.52. The quantitative estimate of drug-likeness (QED) is 0.343. The first-order valence-corrected chi connectivity index (χ1v) is 11.2. The Morgan fingerprint density at radius 3 is 2.31 bits per heavy atom. The van der Waals surface area contributed by atoms with E-state index in [9.17, 15) is 19.8 Å². The molecule has 4 saturated carbocycles. The fourth-order valence-corrected chi connectivity index (χ4v) is 8.04. The highest BCUT2D eigenvalue weighted by molar-refractivity contribution is 5.85. The number of fused-ring (bicyclic) bond motifs is 5. The normalized spacial score (nSPS) is 44.9. The molecule has 0 radical (unpaired) electrons. The molecular weight excluding hydrogens is 368 g/mol. The number of carbonyl (C=O) groups excluding carboxylic acids is 1. The first-order chi connectivity index (χ1) is 13.6. The predicted molar refractivity (Wildman–Crippen MR) is 109 cm³/mol. The number of carboxylic acid groups (broad SMARTS) is 1. The van der Waals surface area contributed by atoms with E-state index in [-0.39, 0.29) is 16.7 Å². The Labute approximate surface area is 172 Å². The van der Waals surface area contributed by atoms with Crippen LogP contribution in [0, 0.1) is 40.4 Å². The summed E-state index contributed by atoms with van der Waals surface area (Å²) in [6, 6.07) is 0. The molecular formula is C24H34O5. The molecule has 160 valence electrons. The molecule has 5 heteroatoms. The van der Waals surface area contributed by atoms with Crippen molar-refractivity contribution in [1.82, 2.24) is 0 Å². The third-order valence-corrected chi connectivity index (χ3v) is 9.63. The lowest BCUT2D eigenvalue weighted by Crippen LogP contribution is -2.53. The van der Waals surface area contributed by atoms with E-state index in [1.807, 2.05) is 0 Å². The topological polar surface area (TPSA) is 94.8 Å². The van der Waals surface area contributed by atoms with Crippen molar-refractivity contribution in [1.29, 1.82) is 0 Å². The van der Waals surface area contributed by atoms with Gasteiger partial charge in [0.2, 0.25) is 5.76 Å². The number of allylic oxidation sites excluding steroid dienone is 1. The summed E-state index contributed by atoms with van der Waals surface area (Å²) in [4.78, 5) is 23.1. The van der Waals surface area contributed by atoms with Crippen molar-refractivity contribution < 1.29 is 24.9 Å². The van der Waals surface area contributed by atoms with Gasteiger partial charge in [-0.3, -0.25) is 4.79 Å². The third-order valence-electron chi connectivity index (χ3n) is 9.63. The number of aliphatic hydroxyl groups excluding tert-OH is 2. The van der Waals surface area contributed by atoms with Gasteiger partial charge < -0.3 is 15.3 Å². The molecule has 5 nitrogen and oxygen atoms in total. The molecule has 0 amide bonds. The Hall–Kier alpha value is -1.78. The zero-order valence-electron chi connectivity index (χ0n) is 17.6. The van der Waals surface area contributed by atoms with E-state index in [4.69, 9.17) is 5.11 Å². The van der Waals surface area contributed by atoms with E-state index >= 15 is 0 Å². The molecule has 0 aromatic rings. The second kappa shape index (κ2) is 6.88. The number of carbonyl (C=O) groups is 2.